The van der Waals surface area contributed by atoms with Crippen LogP contribution in [-0.2, 0) is 5.60 Å². The molecule has 4 heteroatoms. The quantitative estimate of drug-likeness (QED) is 0.723. The topological polar surface area (TPSA) is 58.6 Å². The second-order valence-corrected chi connectivity index (χ2v) is 5.40. The number of nitrogens with two attached hydrogens (primary N) is 1. The van der Waals surface area contributed by atoms with Gasteiger partial charge in [0.15, 0.2) is 5.60 Å². The Kier molecular flexibility index (Phi) is 2.59. The van der Waals surface area contributed by atoms with Crippen LogP contribution in [0.4, 0.5) is 10.1 Å². The molecule has 0 saturated carbocycles. The van der Waals surface area contributed by atoms with Crippen LogP contribution in [0.15, 0.2) is 65.7 Å². The average Bonchev–Trinajstić information content (AvgIpc) is 2.79. The molecule has 1 atom stereocenters. The minimum Gasteiger partial charge on any atom is -0.384 e. The summed E-state index contributed by atoms with van der Waals surface area (Å²) in [6.07, 6.45) is 0. The minimum atomic E-state index is -1.61. The van der Waals surface area contributed by atoms with E-state index in [2.05, 4.69) is 4.99 Å². The Morgan fingerprint density at radius 2 is 1.68 bits per heavy atom. The van der Waals surface area contributed by atoms with Crippen LogP contribution in [0, 0.1) is 5.82 Å². The first-order valence-electron chi connectivity index (χ1n) is 6.96. The lowest BCUT2D eigenvalue weighted by Gasteiger charge is -2.26. The highest BCUT2D eigenvalue weighted by Gasteiger charge is 2.43. The largest absolute Gasteiger partial charge is 0.384 e. The van der Waals surface area contributed by atoms with E-state index in [0.717, 1.165) is 5.39 Å². The van der Waals surface area contributed by atoms with E-state index in [-0.39, 0.29) is 5.84 Å². The smallest absolute Gasteiger partial charge is 0.175 e. The fourth-order valence-electron chi connectivity index (χ4n) is 3.08. The lowest BCUT2D eigenvalue weighted by Crippen LogP contribution is -2.39. The zero-order valence-corrected chi connectivity index (χ0v) is 11.6. The van der Waals surface area contributed by atoms with Gasteiger partial charge in [0.2, 0.25) is 0 Å². The number of hydrogen-bond acceptors (Lipinski definition) is 3. The lowest BCUT2D eigenvalue weighted by atomic mass is 9.83. The molecule has 3 N–H and O–H groups in total. The van der Waals surface area contributed by atoms with Gasteiger partial charge in [-0.25, -0.2) is 9.38 Å². The number of para-hydroxylation sites is 1. The Bertz CT molecular complexity index is 935. The minimum absolute atomic E-state index is 0.0597. The highest BCUT2D eigenvalue weighted by atomic mass is 19.1. The number of benzene rings is 3. The predicted molar refractivity (Wildman–Crippen MR) is 84.6 cm³/mol. The summed E-state index contributed by atoms with van der Waals surface area (Å²) >= 11 is 0. The first-order valence-corrected chi connectivity index (χ1v) is 6.96. The molecular formula is C18H13FN2O. The van der Waals surface area contributed by atoms with Gasteiger partial charge >= 0.3 is 0 Å². The molecule has 0 fully saturated rings. The third-order valence-electron chi connectivity index (χ3n) is 4.12. The van der Waals surface area contributed by atoms with Crippen molar-refractivity contribution in [3.63, 3.8) is 0 Å². The Morgan fingerprint density at radius 1 is 0.955 bits per heavy atom. The van der Waals surface area contributed by atoms with Crippen molar-refractivity contribution in [2.45, 2.75) is 5.60 Å². The summed E-state index contributed by atoms with van der Waals surface area (Å²) in [5, 5.41) is 12.7. The first kappa shape index (κ1) is 13.0. The van der Waals surface area contributed by atoms with E-state index in [1.807, 2.05) is 24.3 Å². The molecule has 3 nitrogen and oxygen atoms in total. The molecule has 1 aliphatic heterocycles. The summed E-state index contributed by atoms with van der Waals surface area (Å²) in [4.78, 5) is 4.24. The standard InChI is InChI=1S/C18H13FN2O/c19-12-9-11-5-1-2-6-13(11)15(10-12)18(22)14-7-3-4-8-16(14)21-17(18)20/h1-10,22H,(H2,20,21). The molecule has 3 aromatic rings. The van der Waals surface area contributed by atoms with Gasteiger partial charge in [-0.05, 0) is 29.0 Å². The van der Waals surface area contributed by atoms with E-state index in [1.54, 1.807) is 24.3 Å². The molecular weight excluding hydrogens is 279 g/mol. The summed E-state index contributed by atoms with van der Waals surface area (Å²) in [6.45, 7) is 0. The van der Waals surface area contributed by atoms with Crippen molar-refractivity contribution in [3.05, 3.63) is 77.6 Å². The maximum Gasteiger partial charge on any atom is 0.175 e. The molecule has 1 heterocycles. The highest BCUT2D eigenvalue weighted by molar-refractivity contribution is 6.04. The molecule has 0 aliphatic carbocycles. The van der Waals surface area contributed by atoms with Crippen molar-refractivity contribution in [1.29, 1.82) is 0 Å². The van der Waals surface area contributed by atoms with Gasteiger partial charge in [0.1, 0.15) is 11.7 Å². The van der Waals surface area contributed by atoms with Crippen LogP contribution in [0.2, 0.25) is 0 Å². The van der Waals surface area contributed by atoms with Crippen LogP contribution < -0.4 is 5.73 Å². The Balaban J connectivity index is 2.09. The molecule has 0 bridgehead atoms. The fourth-order valence-corrected chi connectivity index (χ4v) is 3.08. The van der Waals surface area contributed by atoms with Gasteiger partial charge in [0.25, 0.3) is 0 Å². The molecule has 0 amide bonds. The van der Waals surface area contributed by atoms with Crippen molar-refractivity contribution in [3.8, 4) is 0 Å². The molecule has 0 radical (unpaired) electrons. The third-order valence-corrected chi connectivity index (χ3v) is 4.12. The Labute approximate surface area is 126 Å². The molecule has 0 aromatic heterocycles. The fraction of sp³-hybridized carbons (Fsp3) is 0.0556. The van der Waals surface area contributed by atoms with E-state index in [4.69, 9.17) is 5.73 Å². The van der Waals surface area contributed by atoms with Gasteiger partial charge in [0.05, 0.1) is 5.69 Å². The number of aliphatic hydroxyl groups is 1. The molecule has 108 valence electrons. The Hall–Kier alpha value is -2.72. The highest BCUT2D eigenvalue weighted by Crippen LogP contribution is 2.43. The second-order valence-electron chi connectivity index (χ2n) is 5.40. The predicted octanol–water partition coefficient (Wildman–Crippen LogP) is 3.22. The van der Waals surface area contributed by atoms with E-state index in [9.17, 15) is 9.50 Å². The number of hydrogen-bond donors (Lipinski definition) is 2. The number of halogens is 1. The number of aliphatic imine (C=N–C) groups is 1. The van der Waals surface area contributed by atoms with Crippen molar-refractivity contribution in [2.24, 2.45) is 10.7 Å². The summed E-state index contributed by atoms with van der Waals surface area (Å²) in [6, 6.07) is 17.3. The summed E-state index contributed by atoms with van der Waals surface area (Å²) in [5.41, 5.74) is 5.99. The molecule has 1 unspecified atom stereocenters. The van der Waals surface area contributed by atoms with Crippen LogP contribution in [-0.4, -0.2) is 10.9 Å². The van der Waals surface area contributed by atoms with E-state index >= 15 is 0 Å². The van der Waals surface area contributed by atoms with Gasteiger partial charge in [-0.2, -0.15) is 0 Å². The SMILES string of the molecule is NC1=Nc2ccccc2C1(O)c1cc(F)cc2ccccc12. The summed E-state index contributed by atoms with van der Waals surface area (Å²) in [7, 11) is 0. The van der Waals surface area contributed by atoms with Crippen LogP contribution in [0.25, 0.3) is 10.8 Å². The molecule has 0 saturated heterocycles. The number of nitrogens with zero attached hydrogens (tertiary/aromatic N) is 1. The van der Waals surface area contributed by atoms with E-state index in [0.29, 0.717) is 22.2 Å². The average molecular weight is 292 g/mol. The first-order chi connectivity index (χ1) is 10.6. The Morgan fingerprint density at radius 3 is 2.55 bits per heavy atom. The van der Waals surface area contributed by atoms with Gasteiger partial charge in [-0.3, -0.25) is 0 Å². The molecule has 22 heavy (non-hydrogen) atoms. The van der Waals surface area contributed by atoms with Crippen LogP contribution in [0.3, 0.4) is 0 Å². The molecule has 0 spiro atoms. The van der Waals surface area contributed by atoms with Crippen LogP contribution in [0.5, 0.6) is 0 Å². The van der Waals surface area contributed by atoms with Crippen molar-refractivity contribution in [2.75, 3.05) is 0 Å². The molecule has 4 rings (SSSR count). The maximum absolute atomic E-state index is 14.0. The number of fused-ring (bicyclic) bond motifs is 2. The number of rotatable bonds is 1. The lowest BCUT2D eigenvalue weighted by molar-refractivity contribution is 0.160. The van der Waals surface area contributed by atoms with E-state index in [1.165, 1.54) is 12.1 Å². The monoisotopic (exact) mass is 292 g/mol. The third kappa shape index (κ3) is 1.61. The van der Waals surface area contributed by atoms with Crippen LogP contribution >= 0.6 is 0 Å². The van der Waals surface area contributed by atoms with Crippen molar-refractivity contribution >= 4 is 22.3 Å². The van der Waals surface area contributed by atoms with Gasteiger partial charge < -0.3 is 10.8 Å². The molecule has 3 aromatic carbocycles. The van der Waals surface area contributed by atoms with E-state index < -0.39 is 11.4 Å². The maximum atomic E-state index is 14.0. The van der Waals surface area contributed by atoms with Crippen molar-refractivity contribution < 1.29 is 9.50 Å². The van der Waals surface area contributed by atoms with Crippen LogP contribution in [0.1, 0.15) is 11.1 Å². The number of amidine groups is 1. The van der Waals surface area contributed by atoms with Gasteiger partial charge in [-0.1, -0.05) is 42.5 Å². The summed E-state index contributed by atoms with van der Waals surface area (Å²) in [5.74, 6) is -0.358. The normalized spacial score (nSPS) is 20.0. The van der Waals surface area contributed by atoms with Gasteiger partial charge in [-0.15, -0.1) is 0 Å². The zero-order chi connectivity index (χ0) is 15.3. The van der Waals surface area contributed by atoms with Crippen molar-refractivity contribution in [1.82, 2.24) is 0 Å². The van der Waals surface area contributed by atoms with Gasteiger partial charge in [0, 0.05) is 11.1 Å². The molecule has 1 aliphatic rings. The summed E-state index contributed by atoms with van der Waals surface area (Å²) < 4.78 is 14.0. The zero-order valence-electron chi connectivity index (χ0n) is 11.6. The second kappa shape index (κ2) is 4.39.